The molecule has 0 spiro atoms. The summed E-state index contributed by atoms with van der Waals surface area (Å²) >= 11 is 0. The standard InChI is InChI=1S/C35H34N2O3/c1-3-37(27-15-8-5-9-16-27)29-18-20-31-34(23-29)40-33-21-19-28(36(2)26-13-6-4-7-14-26)22-32(33)35(31,39)30-17-11-10-12-25(30)24-38/h4-22,24-25,29-30,39H,3,23H2,1-2H3. The molecule has 3 aromatic rings. The molecule has 1 heterocycles. The monoisotopic (exact) mass is 530 g/mol. The SMILES string of the molecule is CCN(c1ccccc1)C1C=CC2=C(C1)Oc1ccc(N(C)c3ccccc3)cc1C2(O)C1C=CC=CC1C=O. The topological polar surface area (TPSA) is 53.0 Å². The number of carbonyl (C=O) groups is 1. The lowest BCUT2D eigenvalue weighted by atomic mass is 9.66. The van der Waals surface area contributed by atoms with Crippen molar-refractivity contribution in [2.45, 2.75) is 25.0 Å². The summed E-state index contributed by atoms with van der Waals surface area (Å²) in [6, 6.07) is 26.5. The van der Waals surface area contributed by atoms with Crippen molar-refractivity contribution in [3.63, 3.8) is 0 Å². The van der Waals surface area contributed by atoms with Gasteiger partial charge in [0, 0.05) is 60.0 Å². The Kier molecular flexibility index (Phi) is 6.91. The molecule has 202 valence electrons. The Morgan fingerprint density at radius 1 is 0.925 bits per heavy atom. The second-order valence-corrected chi connectivity index (χ2v) is 10.5. The van der Waals surface area contributed by atoms with Crippen LogP contribution >= 0.6 is 0 Å². The fraction of sp³-hybridized carbons (Fsp3) is 0.229. The summed E-state index contributed by atoms with van der Waals surface area (Å²) in [5, 5.41) is 12.9. The smallest absolute Gasteiger partial charge is 0.133 e. The third kappa shape index (κ3) is 4.37. The van der Waals surface area contributed by atoms with E-state index in [0.717, 1.165) is 41.2 Å². The Balaban J connectivity index is 1.44. The first-order chi connectivity index (χ1) is 19.5. The van der Waals surface area contributed by atoms with Gasteiger partial charge in [0.2, 0.25) is 0 Å². The number of aldehydes is 1. The first-order valence-corrected chi connectivity index (χ1v) is 13.9. The predicted molar refractivity (Wildman–Crippen MR) is 161 cm³/mol. The molecule has 0 amide bonds. The zero-order valence-corrected chi connectivity index (χ0v) is 22.9. The van der Waals surface area contributed by atoms with Crippen LogP contribution in [0.5, 0.6) is 5.75 Å². The van der Waals surface area contributed by atoms with Crippen molar-refractivity contribution in [1.29, 1.82) is 0 Å². The molecule has 5 heteroatoms. The molecular weight excluding hydrogens is 496 g/mol. The highest BCUT2D eigenvalue weighted by atomic mass is 16.5. The molecule has 4 atom stereocenters. The molecule has 40 heavy (non-hydrogen) atoms. The number of benzene rings is 3. The lowest BCUT2D eigenvalue weighted by Gasteiger charge is -2.45. The number of carbonyl (C=O) groups excluding carboxylic acids is 1. The van der Waals surface area contributed by atoms with Gasteiger partial charge in [0.1, 0.15) is 23.4 Å². The van der Waals surface area contributed by atoms with E-state index >= 15 is 0 Å². The highest BCUT2D eigenvalue weighted by Crippen LogP contribution is 2.53. The minimum Gasteiger partial charge on any atom is -0.461 e. The zero-order valence-electron chi connectivity index (χ0n) is 22.9. The van der Waals surface area contributed by atoms with Crippen molar-refractivity contribution in [2.75, 3.05) is 23.4 Å². The maximum absolute atomic E-state index is 12.9. The Bertz CT molecular complexity index is 1510. The minimum absolute atomic E-state index is 0.0732. The van der Waals surface area contributed by atoms with Crippen molar-refractivity contribution in [1.82, 2.24) is 0 Å². The summed E-state index contributed by atoms with van der Waals surface area (Å²) < 4.78 is 6.59. The van der Waals surface area contributed by atoms with E-state index in [4.69, 9.17) is 4.74 Å². The molecule has 3 aliphatic rings. The second-order valence-electron chi connectivity index (χ2n) is 10.5. The second kappa shape index (κ2) is 10.7. The number of para-hydroxylation sites is 2. The van der Waals surface area contributed by atoms with Crippen molar-refractivity contribution in [3.05, 3.63) is 132 Å². The number of hydrogen-bond donors (Lipinski definition) is 1. The summed E-state index contributed by atoms with van der Waals surface area (Å²) in [6.07, 6.45) is 13.3. The van der Waals surface area contributed by atoms with Crippen LogP contribution in [0.15, 0.2) is 127 Å². The Morgan fingerprint density at radius 2 is 1.62 bits per heavy atom. The summed E-state index contributed by atoms with van der Waals surface area (Å²) in [5.74, 6) is 0.426. The van der Waals surface area contributed by atoms with Crippen LogP contribution in [-0.4, -0.2) is 31.0 Å². The lowest BCUT2D eigenvalue weighted by Crippen LogP contribution is -2.46. The first kappa shape index (κ1) is 25.9. The van der Waals surface area contributed by atoms with E-state index in [1.807, 2.05) is 92.0 Å². The molecule has 0 fully saturated rings. The Hall–Kier alpha value is -4.35. The molecule has 5 nitrogen and oxygen atoms in total. The van der Waals surface area contributed by atoms with Crippen LogP contribution < -0.4 is 14.5 Å². The molecule has 3 aromatic carbocycles. The quantitative estimate of drug-likeness (QED) is 0.345. The van der Waals surface area contributed by atoms with Crippen molar-refractivity contribution in [3.8, 4) is 5.75 Å². The maximum atomic E-state index is 12.9. The largest absolute Gasteiger partial charge is 0.461 e. The van der Waals surface area contributed by atoms with Gasteiger partial charge in [0.05, 0.1) is 6.04 Å². The van der Waals surface area contributed by atoms with Crippen LogP contribution in [0.2, 0.25) is 0 Å². The molecule has 2 aliphatic carbocycles. The summed E-state index contributed by atoms with van der Waals surface area (Å²) in [7, 11) is 2.01. The van der Waals surface area contributed by atoms with Crippen LogP contribution in [0.1, 0.15) is 18.9 Å². The number of fused-ring (bicyclic) bond motifs is 1. The average Bonchev–Trinajstić information content (AvgIpc) is 3.02. The van der Waals surface area contributed by atoms with Gasteiger partial charge in [-0.15, -0.1) is 0 Å². The van der Waals surface area contributed by atoms with Crippen LogP contribution in [-0.2, 0) is 10.4 Å². The van der Waals surface area contributed by atoms with Gasteiger partial charge in [-0.3, -0.25) is 0 Å². The van der Waals surface area contributed by atoms with Gasteiger partial charge in [-0.2, -0.15) is 0 Å². The molecule has 0 radical (unpaired) electrons. The van der Waals surface area contributed by atoms with E-state index < -0.39 is 17.4 Å². The fourth-order valence-electron chi connectivity index (χ4n) is 6.27. The number of ether oxygens (including phenoxy) is 1. The number of aliphatic hydroxyl groups is 1. The third-order valence-electron chi connectivity index (χ3n) is 8.37. The van der Waals surface area contributed by atoms with Gasteiger partial charge >= 0.3 is 0 Å². The predicted octanol–water partition coefficient (Wildman–Crippen LogP) is 6.70. The van der Waals surface area contributed by atoms with E-state index in [-0.39, 0.29) is 6.04 Å². The molecule has 1 N–H and O–H groups in total. The van der Waals surface area contributed by atoms with Crippen molar-refractivity contribution in [2.24, 2.45) is 11.8 Å². The van der Waals surface area contributed by atoms with E-state index in [0.29, 0.717) is 17.7 Å². The highest BCUT2D eigenvalue weighted by Gasteiger charge is 2.50. The Morgan fingerprint density at radius 3 is 2.33 bits per heavy atom. The molecule has 6 rings (SSSR count). The van der Waals surface area contributed by atoms with E-state index in [1.54, 1.807) is 0 Å². The average molecular weight is 531 g/mol. The number of nitrogens with zero attached hydrogens (tertiary/aromatic N) is 2. The number of hydrogen-bond acceptors (Lipinski definition) is 5. The molecule has 4 unspecified atom stereocenters. The van der Waals surface area contributed by atoms with Gasteiger partial charge in [-0.05, 0) is 49.4 Å². The van der Waals surface area contributed by atoms with E-state index in [9.17, 15) is 9.90 Å². The van der Waals surface area contributed by atoms with Gasteiger partial charge in [0.25, 0.3) is 0 Å². The molecule has 1 aliphatic heterocycles. The fourth-order valence-corrected chi connectivity index (χ4v) is 6.27. The third-order valence-corrected chi connectivity index (χ3v) is 8.37. The van der Waals surface area contributed by atoms with Gasteiger partial charge in [0.15, 0.2) is 0 Å². The molecule has 0 bridgehead atoms. The summed E-state index contributed by atoms with van der Waals surface area (Å²) in [5.41, 5.74) is 3.04. The van der Waals surface area contributed by atoms with Crippen LogP contribution in [0.25, 0.3) is 0 Å². The van der Waals surface area contributed by atoms with E-state index in [1.165, 1.54) is 0 Å². The highest BCUT2D eigenvalue weighted by molar-refractivity contribution is 5.69. The van der Waals surface area contributed by atoms with Crippen molar-refractivity contribution < 1.29 is 14.6 Å². The number of allylic oxidation sites excluding steroid dienone is 3. The number of rotatable bonds is 7. The summed E-state index contributed by atoms with van der Waals surface area (Å²) in [6.45, 7) is 2.98. The summed E-state index contributed by atoms with van der Waals surface area (Å²) in [4.78, 5) is 16.7. The van der Waals surface area contributed by atoms with Crippen LogP contribution in [0.3, 0.4) is 0 Å². The van der Waals surface area contributed by atoms with Crippen LogP contribution in [0.4, 0.5) is 17.1 Å². The van der Waals surface area contributed by atoms with Crippen molar-refractivity contribution >= 4 is 23.3 Å². The molecule has 0 saturated heterocycles. The molecule has 0 saturated carbocycles. The first-order valence-electron chi connectivity index (χ1n) is 13.9. The molecular formula is C35H34N2O3. The maximum Gasteiger partial charge on any atom is 0.133 e. The lowest BCUT2D eigenvalue weighted by molar-refractivity contribution is -0.113. The zero-order chi connectivity index (χ0) is 27.7. The number of likely N-dealkylation sites (N-methyl/N-ethyl adjacent to an activating group) is 1. The normalized spacial score (nSPS) is 24.6. The Labute approximate surface area is 236 Å². The minimum atomic E-state index is -1.45. The van der Waals surface area contributed by atoms with Crippen LogP contribution in [0, 0.1) is 11.8 Å². The van der Waals surface area contributed by atoms with Gasteiger partial charge in [-0.1, -0.05) is 72.9 Å². The van der Waals surface area contributed by atoms with Gasteiger partial charge < -0.3 is 24.4 Å². The van der Waals surface area contributed by atoms with E-state index in [2.05, 4.69) is 47.1 Å². The molecule has 0 aromatic heterocycles. The number of anilines is 3. The van der Waals surface area contributed by atoms with Gasteiger partial charge in [-0.25, -0.2) is 0 Å².